The topological polar surface area (TPSA) is 78.6 Å². The number of likely N-dealkylation sites (N-methyl/N-ethyl adjacent to an activating group) is 1. The molecule has 0 aromatic heterocycles. The van der Waals surface area contributed by atoms with E-state index in [1.807, 2.05) is 11.8 Å². The van der Waals surface area contributed by atoms with Crippen LogP contribution in [0, 0.1) is 0 Å². The molecule has 0 saturated carbocycles. The van der Waals surface area contributed by atoms with Gasteiger partial charge >= 0.3 is 0 Å². The number of carbonyl (C=O) groups excluding carboxylic acids is 1. The lowest BCUT2D eigenvalue weighted by atomic mass is 10.3. The third kappa shape index (κ3) is 5.06. The molecule has 0 aromatic carbocycles. The molecule has 0 spiro atoms. The van der Waals surface area contributed by atoms with E-state index in [-0.39, 0.29) is 12.5 Å². The highest BCUT2D eigenvalue weighted by molar-refractivity contribution is 5.75. The zero-order chi connectivity index (χ0) is 9.40. The second-order valence-electron chi connectivity index (χ2n) is 2.48. The van der Waals surface area contributed by atoms with Crippen LogP contribution in [-0.4, -0.2) is 42.2 Å². The van der Waals surface area contributed by atoms with Gasteiger partial charge in [-0.15, -0.1) is 0 Å². The molecule has 5 nitrogen and oxygen atoms in total. The Morgan fingerprint density at radius 3 is 2.67 bits per heavy atom. The number of aliphatic hydroxyl groups excluding tert-OH is 1. The van der Waals surface area contributed by atoms with E-state index < -0.39 is 0 Å². The lowest BCUT2D eigenvalue weighted by Crippen LogP contribution is -2.35. The lowest BCUT2D eigenvalue weighted by Gasteiger charge is -2.17. The third-order valence-electron chi connectivity index (χ3n) is 1.68. The highest BCUT2D eigenvalue weighted by atomic mass is 16.3. The van der Waals surface area contributed by atoms with Gasteiger partial charge in [0.05, 0.1) is 6.61 Å². The van der Waals surface area contributed by atoms with E-state index in [1.165, 1.54) is 0 Å². The fraction of sp³-hybridized carbons (Fsp3) is 0.857. The van der Waals surface area contributed by atoms with E-state index in [9.17, 15) is 4.79 Å². The molecule has 0 radical (unpaired) electrons. The number of aliphatic hydroxyl groups is 1. The van der Waals surface area contributed by atoms with E-state index in [4.69, 9.17) is 10.9 Å². The van der Waals surface area contributed by atoms with Crippen molar-refractivity contribution in [1.29, 1.82) is 0 Å². The maximum Gasteiger partial charge on any atom is 0.235 e. The van der Waals surface area contributed by atoms with E-state index >= 15 is 0 Å². The lowest BCUT2D eigenvalue weighted by molar-refractivity contribution is -0.121. The highest BCUT2D eigenvalue weighted by Gasteiger charge is 2.03. The van der Waals surface area contributed by atoms with Crippen molar-refractivity contribution >= 4 is 5.91 Å². The van der Waals surface area contributed by atoms with Crippen LogP contribution < -0.4 is 11.3 Å². The first kappa shape index (κ1) is 11.4. The van der Waals surface area contributed by atoms with Gasteiger partial charge in [0.25, 0.3) is 0 Å². The minimum atomic E-state index is -0.175. The Balaban J connectivity index is 3.50. The van der Waals surface area contributed by atoms with Gasteiger partial charge in [-0.1, -0.05) is 6.92 Å². The summed E-state index contributed by atoms with van der Waals surface area (Å²) in [5, 5.41) is 8.62. The van der Waals surface area contributed by atoms with Crippen molar-refractivity contribution in [1.82, 2.24) is 10.3 Å². The largest absolute Gasteiger partial charge is 0.395 e. The molecule has 0 saturated heterocycles. The van der Waals surface area contributed by atoms with Crippen molar-refractivity contribution in [2.45, 2.75) is 13.3 Å². The summed E-state index contributed by atoms with van der Waals surface area (Å²) < 4.78 is 0. The Labute approximate surface area is 72.5 Å². The van der Waals surface area contributed by atoms with E-state index in [0.717, 1.165) is 6.54 Å². The molecule has 0 aliphatic rings. The van der Waals surface area contributed by atoms with Crippen molar-refractivity contribution in [2.75, 3.05) is 26.2 Å². The summed E-state index contributed by atoms with van der Waals surface area (Å²) in [5.41, 5.74) is 2.06. The highest BCUT2D eigenvalue weighted by Crippen LogP contribution is 1.89. The number of nitrogens with one attached hydrogen (secondary N) is 1. The maximum atomic E-state index is 10.7. The van der Waals surface area contributed by atoms with E-state index in [1.54, 1.807) is 0 Å². The minimum Gasteiger partial charge on any atom is -0.395 e. The summed E-state index contributed by atoms with van der Waals surface area (Å²) in [5.74, 6) is 4.73. The van der Waals surface area contributed by atoms with Crippen LogP contribution in [0.1, 0.15) is 13.3 Å². The molecular weight excluding hydrogens is 158 g/mol. The molecule has 0 atom stereocenters. The Morgan fingerprint density at radius 2 is 2.25 bits per heavy atom. The second-order valence-corrected chi connectivity index (χ2v) is 2.48. The second kappa shape index (κ2) is 7.02. The molecule has 0 aliphatic carbocycles. The smallest absolute Gasteiger partial charge is 0.235 e. The monoisotopic (exact) mass is 175 g/mol. The molecule has 0 rings (SSSR count). The van der Waals surface area contributed by atoms with Gasteiger partial charge in [0.15, 0.2) is 0 Å². The fourth-order valence-electron chi connectivity index (χ4n) is 0.901. The molecule has 72 valence electrons. The molecule has 0 fully saturated rings. The number of hydrogen-bond donors (Lipinski definition) is 3. The average molecular weight is 175 g/mol. The molecule has 0 bridgehead atoms. The molecule has 12 heavy (non-hydrogen) atoms. The molecule has 4 N–H and O–H groups in total. The molecular formula is C7H17N3O2. The maximum absolute atomic E-state index is 10.7. The Hall–Kier alpha value is -0.650. The number of amides is 1. The normalized spacial score (nSPS) is 10.3. The van der Waals surface area contributed by atoms with Gasteiger partial charge in [-0.05, 0) is 6.54 Å². The van der Waals surface area contributed by atoms with Crippen molar-refractivity contribution in [3.8, 4) is 0 Å². The Kier molecular flexibility index (Phi) is 6.64. The molecule has 0 aliphatic heterocycles. The predicted octanol–water partition coefficient (Wildman–Crippen LogP) is -1.32. The summed E-state index contributed by atoms with van der Waals surface area (Å²) in [6.07, 6.45) is 0.379. The number of carbonyl (C=O) groups is 1. The predicted molar refractivity (Wildman–Crippen MR) is 46.1 cm³/mol. The summed E-state index contributed by atoms with van der Waals surface area (Å²) in [7, 11) is 0. The summed E-state index contributed by atoms with van der Waals surface area (Å²) in [6, 6.07) is 0. The first-order valence-electron chi connectivity index (χ1n) is 4.07. The van der Waals surface area contributed by atoms with Crippen molar-refractivity contribution < 1.29 is 9.90 Å². The van der Waals surface area contributed by atoms with Gasteiger partial charge in [-0.2, -0.15) is 0 Å². The van der Waals surface area contributed by atoms with Crippen LogP contribution in [0.5, 0.6) is 0 Å². The van der Waals surface area contributed by atoms with Crippen LogP contribution in [0.25, 0.3) is 0 Å². The van der Waals surface area contributed by atoms with Gasteiger partial charge < -0.3 is 10.0 Å². The van der Waals surface area contributed by atoms with Crippen LogP contribution >= 0.6 is 0 Å². The zero-order valence-corrected chi connectivity index (χ0v) is 7.42. The fourth-order valence-corrected chi connectivity index (χ4v) is 0.901. The summed E-state index contributed by atoms with van der Waals surface area (Å²) in [4.78, 5) is 12.7. The summed E-state index contributed by atoms with van der Waals surface area (Å²) >= 11 is 0. The van der Waals surface area contributed by atoms with Crippen molar-refractivity contribution in [3.05, 3.63) is 0 Å². The number of hydrogen-bond acceptors (Lipinski definition) is 4. The number of rotatable bonds is 6. The van der Waals surface area contributed by atoms with Gasteiger partial charge in [0, 0.05) is 19.5 Å². The van der Waals surface area contributed by atoms with Gasteiger partial charge in [-0.25, -0.2) is 5.84 Å². The summed E-state index contributed by atoms with van der Waals surface area (Å²) in [6.45, 7) is 4.18. The van der Waals surface area contributed by atoms with Crippen LogP contribution in [-0.2, 0) is 4.79 Å². The standard InChI is InChI=1S/C7H17N3O2/c1-2-10(5-6-11)4-3-7(12)9-8/h11H,2-6,8H2,1H3,(H,9,12). The number of nitrogens with two attached hydrogens (primary N) is 1. The van der Waals surface area contributed by atoms with E-state index in [0.29, 0.717) is 19.5 Å². The van der Waals surface area contributed by atoms with Crippen molar-refractivity contribution in [2.24, 2.45) is 5.84 Å². The molecule has 5 heteroatoms. The van der Waals surface area contributed by atoms with Crippen LogP contribution in [0.2, 0.25) is 0 Å². The average Bonchev–Trinajstić information content (AvgIpc) is 2.11. The first-order valence-corrected chi connectivity index (χ1v) is 4.07. The molecule has 1 amide bonds. The first-order chi connectivity index (χ1) is 5.74. The minimum absolute atomic E-state index is 0.123. The van der Waals surface area contributed by atoms with Crippen LogP contribution in [0.3, 0.4) is 0 Å². The molecule has 0 heterocycles. The van der Waals surface area contributed by atoms with Gasteiger partial charge in [-0.3, -0.25) is 10.2 Å². The van der Waals surface area contributed by atoms with Crippen molar-refractivity contribution in [3.63, 3.8) is 0 Å². The quantitative estimate of drug-likeness (QED) is 0.266. The van der Waals surface area contributed by atoms with Crippen LogP contribution in [0.4, 0.5) is 0 Å². The molecule has 0 aromatic rings. The van der Waals surface area contributed by atoms with E-state index in [2.05, 4.69) is 5.43 Å². The van der Waals surface area contributed by atoms with Gasteiger partial charge in [0.2, 0.25) is 5.91 Å². The third-order valence-corrected chi connectivity index (χ3v) is 1.68. The number of hydrazine groups is 1. The zero-order valence-electron chi connectivity index (χ0n) is 7.42. The Morgan fingerprint density at radius 1 is 1.58 bits per heavy atom. The van der Waals surface area contributed by atoms with Crippen LogP contribution in [0.15, 0.2) is 0 Å². The van der Waals surface area contributed by atoms with Gasteiger partial charge in [0.1, 0.15) is 0 Å². The SMILES string of the molecule is CCN(CCO)CCC(=O)NN. The number of nitrogens with zero attached hydrogens (tertiary/aromatic N) is 1. The molecule has 0 unspecified atom stereocenters. The Bertz CT molecular complexity index is 130.